The monoisotopic (exact) mass is 229 g/mol. The van der Waals surface area contributed by atoms with Gasteiger partial charge in [-0.3, -0.25) is 4.79 Å². The Hall–Kier alpha value is -2.16. The summed E-state index contributed by atoms with van der Waals surface area (Å²) in [7, 11) is 1.59. The number of hydrogen-bond donors (Lipinski definition) is 1. The van der Waals surface area contributed by atoms with E-state index in [9.17, 15) is 9.18 Å². The Balaban J connectivity index is 2.39. The van der Waals surface area contributed by atoms with Gasteiger partial charge in [0.1, 0.15) is 5.82 Å². The second kappa shape index (κ2) is 4.78. The van der Waals surface area contributed by atoms with Crippen molar-refractivity contribution >= 4 is 5.91 Å². The van der Waals surface area contributed by atoms with Crippen molar-refractivity contribution in [3.8, 4) is 11.1 Å². The molecular formula is C14H12FNO. The number of amides is 1. The van der Waals surface area contributed by atoms with Gasteiger partial charge in [-0.05, 0) is 35.4 Å². The van der Waals surface area contributed by atoms with Gasteiger partial charge in [0.25, 0.3) is 5.91 Å². The third-order valence-electron chi connectivity index (χ3n) is 2.53. The fraction of sp³-hybridized carbons (Fsp3) is 0.0714. The highest BCUT2D eigenvalue weighted by Crippen LogP contribution is 2.20. The molecule has 2 rings (SSSR count). The molecule has 0 radical (unpaired) electrons. The third-order valence-corrected chi connectivity index (χ3v) is 2.53. The Morgan fingerprint density at radius 2 is 1.76 bits per heavy atom. The second-order valence-electron chi connectivity index (χ2n) is 3.67. The van der Waals surface area contributed by atoms with Gasteiger partial charge in [0.15, 0.2) is 0 Å². The first-order valence-electron chi connectivity index (χ1n) is 5.29. The van der Waals surface area contributed by atoms with Crippen molar-refractivity contribution in [3.63, 3.8) is 0 Å². The molecule has 2 aromatic rings. The normalized spacial score (nSPS) is 10.0. The maximum atomic E-state index is 12.8. The standard InChI is InChI=1S/C14H12FNO/c1-16-14(17)12-4-2-3-11(9-12)10-5-7-13(15)8-6-10/h2-9H,1H3,(H,16,17). The molecule has 0 aliphatic rings. The van der Waals surface area contributed by atoms with Gasteiger partial charge in [0.05, 0.1) is 0 Å². The summed E-state index contributed by atoms with van der Waals surface area (Å²) in [6.07, 6.45) is 0. The van der Waals surface area contributed by atoms with Gasteiger partial charge in [-0.1, -0.05) is 24.3 Å². The molecule has 1 amide bonds. The first kappa shape index (κ1) is 11.3. The van der Waals surface area contributed by atoms with E-state index in [0.717, 1.165) is 11.1 Å². The summed E-state index contributed by atoms with van der Waals surface area (Å²) in [6.45, 7) is 0. The van der Waals surface area contributed by atoms with Crippen LogP contribution in [-0.2, 0) is 0 Å². The molecule has 0 aliphatic carbocycles. The van der Waals surface area contributed by atoms with Gasteiger partial charge in [-0.2, -0.15) is 0 Å². The minimum Gasteiger partial charge on any atom is -0.355 e. The molecule has 0 saturated carbocycles. The lowest BCUT2D eigenvalue weighted by atomic mass is 10.0. The lowest BCUT2D eigenvalue weighted by Gasteiger charge is -2.04. The van der Waals surface area contributed by atoms with E-state index < -0.39 is 0 Å². The molecule has 2 aromatic carbocycles. The maximum absolute atomic E-state index is 12.8. The fourth-order valence-electron chi connectivity index (χ4n) is 1.63. The smallest absolute Gasteiger partial charge is 0.251 e. The quantitative estimate of drug-likeness (QED) is 0.842. The number of carbonyl (C=O) groups is 1. The minimum atomic E-state index is -0.267. The maximum Gasteiger partial charge on any atom is 0.251 e. The minimum absolute atomic E-state index is 0.131. The molecule has 0 aliphatic heterocycles. The molecule has 1 N–H and O–H groups in total. The molecule has 0 unspecified atom stereocenters. The summed E-state index contributed by atoms with van der Waals surface area (Å²) in [4.78, 5) is 11.5. The molecule has 0 atom stereocenters. The van der Waals surface area contributed by atoms with Gasteiger partial charge < -0.3 is 5.32 Å². The summed E-state index contributed by atoms with van der Waals surface area (Å²) >= 11 is 0. The van der Waals surface area contributed by atoms with E-state index in [1.807, 2.05) is 12.1 Å². The van der Waals surface area contributed by atoms with Crippen LogP contribution < -0.4 is 5.32 Å². The molecule has 0 saturated heterocycles. The van der Waals surface area contributed by atoms with Crippen molar-refractivity contribution in [2.45, 2.75) is 0 Å². The van der Waals surface area contributed by atoms with Crippen molar-refractivity contribution in [1.82, 2.24) is 5.32 Å². The Morgan fingerprint density at radius 1 is 1.06 bits per heavy atom. The molecule has 2 nitrogen and oxygen atoms in total. The van der Waals surface area contributed by atoms with E-state index in [0.29, 0.717) is 5.56 Å². The Bertz CT molecular complexity index is 534. The van der Waals surface area contributed by atoms with Crippen LogP contribution >= 0.6 is 0 Å². The number of nitrogens with one attached hydrogen (secondary N) is 1. The highest BCUT2D eigenvalue weighted by Gasteiger charge is 2.04. The first-order chi connectivity index (χ1) is 8.20. The highest BCUT2D eigenvalue weighted by atomic mass is 19.1. The summed E-state index contributed by atoms with van der Waals surface area (Å²) in [5.74, 6) is -0.398. The Labute approximate surface area is 99.1 Å². The predicted molar refractivity (Wildman–Crippen MR) is 65.2 cm³/mol. The molecule has 0 aromatic heterocycles. The summed E-state index contributed by atoms with van der Waals surface area (Å²) in [5, 5.41) is 2.57. The van der Waals surface area contributed by atoms with Crippen LogP contribution in [0.15, 0.2) is 48.5 Å². The molecule has 0 fully saturated rings. The zero-order chi connectivity index (χ0) is 12.3. The molecule has 17 heavy (non-hydrogen) atoms. The van der Waals surface area contributed by atoms with Gasteiger partial charge in [0.2, 0.25) is 0 Å². The topological polar surface area (TPSA) is 29.1 Å². The molecule has 0 spiro atoms. The van der Waals surface area contributed by atoms with Crippen LogP contribution in [0, 0.1) is 5.82 Å². The van der Waals surface area contributed by atoms with Gasteiger partial charge in [0, 0.05) is 12.6 Å². The number of rotatable bonds is 2. The largest absolute Gasteiger partial charge is 0.355 e. The fourth-order valence-corrected chi connectivity index (χ4v) is 1.63. The zero-order valence-electron chi connectivity index (χ0n) is 9.41. The highest BCUT2D eigenvalue weighted by molar-refractivity contribution is 5.95. The third kappa shape index (κ3) is 2.50. The van der Waals surface area contributed by atoms with Crippen molar-refractivity contribution in [2.24, 2.45) is 0 Å². The summed E-state index contributed by atoms with van der Waals surface area (Å²) in [6, 6.07) is 13.4. The van der Waals surface area contributed by atoms with E-state index in [2.05, 4.69) is 5.32 Å². The zero-order valence-corrected chi connectivity index (χ0v) is 9.41. The van der Waals surface area contributed by atoms with E-state index >= 15 is 0 Å². The van der Waals surface area contributed by atoms with Crippen LogP contribution in [0.2, 0.25) is 0 Å². The molecule has 0 bridgehead atoms. The van der Waals surface area contributed by atoms with Crippen LogP contribution in [0.5, 0.6) is 0 Å². The summed E-state index contributed by atoms with van der Waals surface area (Å²) < 4.78 is 12.8. The van der Waals surface area contributed by atoms with E-state index in [1.165, 1.54) is 12.1 Å². The lowest BCUT2D eigenvalue weighted by Crippen LogP contribution is -2.17. The first-order valence-corrected chi connectivity index (χ1v) is 5.29. The van der Waals surface area contributed by atoms with Crippen molar-refractivity contribution in [1.29, 1.82) is 0 Å². The van der Waals surface area contributed by atoms with Crippen molar-refractivity contribution in [3.05, 3.63) is 59.9 Å². The predicted octanol–water partition coefficient (Wildman–Crippen LogP) is 2.85. The van der Waals surface area contributed by atoms with Crippen molar-refractivity contribution < 1.29 is 9.18 Å². The van der Waals surface area contributed by atoms with Crippen molar-refractivity contribution in [2.75, 3.05) is 7.05 Å². The molecular weight excluding hydrogens is 217 g/mol. The van der Waals surface area contributed by atoms with Gasteiger partial charge in [-0.15, -0.1) is 0 Å². The van der Waals surface area contributed by atoms with Crippen LogP contribution in [0.4, 0.5) is 4.39 Å². The molecule has 86 valence electrons. The van der Waals surface area contributed by atoms with Crippen LogP contribution in [0.25, 0.3) is 11.1 Å². The lowest BCUT2D eigenvalue weighted by molar-refractivity contribution is 0.0963. The Morgan fingerprint density at radius 3 is 2.41 bits per heavy atom. The van der Waals surface area contributed by atoms with Gasteiger partial charge >= 0.3 is 0 Å². The average Bonchev–Trinajstić information content (AvgIpc) is 2.39. The Kier molecular flexibility index (Phi) is 3.19. The molecule has 3 heteroatoms. The SMILES string of the molecule is CNC(=O)c1cccc(-c2ccc(F)cc2)c1. The number of hydrogen-bond acceptors (Lipinski definition) is 1. The van der Waals surface area contributed by atoms with E-state index in [-0.39, 0.29) is 11.7 Å². The molecule has 0 heterocycles. The van der Waals surface area contributed by atoms with E-state index in [4.69, 9.17) is 0 Å². The average molecular weight is 229 g/mol. The van der Waals surface area contributed by atoms with E-state index in [1.54, 1.807) is 31.3 Å². The number of carbonyl (C=O) groups excluding carboxylic acids is 1. The number of halogens is 1. The van der Waals surface area contributed by atoms with Crippen LogP contribution in [0.1, 0.15) is 10.4 Å². The van der Waals surface area contributed by atoms with Crippen LogP contribution in [-0.4, -0.2) is 13.0 Å². The summed E-state index contributed by atoms with van der Waals surface area (Å²) in [5.41, 5.74) is 2.37. The number of benzene rings is 2. The second-order valence-corrected chi connectivity index (χ2v) is 3.67. The van der Waals surface area contributed by atoms with Gasteiger partial charge in [-0.25, -0.2) is 4.39 Å². The van der Waals surface area contributed by atoms with Crippen LogP contribution in [0.3, 0.4) is 0 Å².